The molecule has 0 radical (unpaired) electrons. The fourth-order valence-electron chi connectivity index (χ4n) is 7.17. The number of nitrogens with one attached hydrogen (secondary N) is 3. The van der Waals surface area contributed by atoms with E-state index in [1.165, 1.54) is 19.3 Å². The Hall–Kier alpha value is -2.44. The molecule has 4 rings (SSSR count). The maximum atomic E-state index is 9.73. The van der Waals surface area contributed by atoms with Crippen molar-refractivity contribution in [2.75, 3.05) is 36.9 Å². The Balaban J connectivity index is 1.32. The maximum Gasteiger partial charge on any atom is 0.224 e. The first kappa shape index (κ1) is 32.5. The molecule has 9 heteroatoms. The minimum atomic E-state index is 0.0996. The Labute approximate surface area is 257 Å². The summed E-state index contributed by atoms with van der Waals surface area (Å²) in [6.45, 7) is 9.97. The zero-order valence-corrected chi connectivity index (χ0v) is 26.3. The molecule has 42 heavy (non-hydrogen) atoms. The van der Waals surface area contributed by atoms with Gasteiger partial charge in [0, 0.05) is 24.2 Å². The third kappa shape index (κ3) is 9.28. The number of hydrogen-bond acceptors (Lipinski definition) is 8. The molecule has 2 aliphatic rings. The van der Waals surface area contributed by atoms with Gasteiger partial charge in [0.15, 0.2) is 0 Å². The lowest BCUT2D eigenvalue weighted by Crippen LogP contribution is -2.45. The first-order valence-electron chi connectivity index (χ1n) is 15.8. The molecule has 0 saturated heterocycles. The molecule has 2 aliphatic carbocycles. The number of hydrogen-bond donors (Lipinski definition) is 4. The second kappa shape index (κ2) is 15.9. The lowest BCUT2D eigenvalue weighted by atomic mass is 9.64. The molecule has 4 N–H and O–H groups in total. The monoisotopic (exact) mass is 596 g/mol. The number of ether oxygens (including phenoxy) is 1. The van der Waals surface area contributed by atoms with Crippen molar-refractivity contribution in [3.8, 4) is 6.07 Å². The Morgan fingerprint density at radius 1 is 1.19 bits per heavy atom. The number of aliphatic hydroxyl groups excluding tert-OH is 1. The Bertz CT molecular complexity index is 1170. The molecule has 1 aromatic heterocycles. The molecule has 230 valence electrons. The molecule has 1 unspecified atom stereocenters. The lowest BCUT2D eigenvalue weighted by molar-refractivity contribution is -0.0000293. The molecule has 8 nitrogen and oxygen atoms in total. The average molecular weight is 597 g/mol. The van der Waals surface area contributed by atoms with E-state index < -0.39 is 0 Å². The highest BCUT2D eigenvalue weighted by Gasteiger charge is 2.38. The lowest BCUT2D eigenvalue weighted by Gasteiger charge is -2.45. The van der Waals surface area contributed by atoms with Crippen molar-refractivity contribution < 1.29 is 9.84 Å². The summed E-state index contributed by atoms with van der Waals surface area (Å²) in [6.07, 6.45) is 11.1. The van der Waals surface area contributed by atoms with Gasteiger partial charge < -0.3 is 25.8 Å². The van der Waals surface area contributed by atoms with Crippen molar-refractivity contribution in [2.24, 2.45) is 23.2 Å². The minimum absolute atomic E-state index is 0.0996. The molecule has 2 saturated carbocycles. The molecule has 0 spiro atoms. The van der Waals surface area contributed by atoms with E-state index in [2.05, 4.69) is 52.8 Å². The van der Waals surface area contributed by atoms with E-state index >= 15 is 0 Å². The van der Waals surface area contributed by atoms with E-state index in [0.29, 0.717) is 65.4 Å². The predicted molar refractivity (Wildman–Crippen MR) is 169 cm³/mol. The Kier molecular flexibility index (Phi) is 12.3. The quantitative estimate of drug-likeness (QED) is 0.198. The van der Waals surface area contributed by atoms with Gasteiger partial charge in [0.2, 0.25) is 5.95 Å². The van der Waals surface area contributed by atoms with Gasteiger partial charge in [-0.05, 0) is 92.7 Å². The number of benzene rings is 1. The van der Waals surface area contributed by atoms with Gasteiger partial charge in [-0.3, -0.25) is 0 Å². The third-order valence-corrected chi connectivity index (χ3v) is 9.57. The van der Waals surface area contributed by atoms with Crippen molar-refractivity contribution in [2.45, 2.75) is 90.8 Å². The molecule has 0 bridgehead atoms. The topological polar surface area (TPSA) is 115 Å². The van der Waals surface area contributed by atoms with Gasteiger partial charge >= 0.3 is 0 Å². The molecule has 2 aromatic rings. The van der Waals surface area contributed by atoms with Gasteiger partial charge in [-0.15, -0.1) is 0 Å². The molecule has 2 fully saturated rings. The zero-order valence-electron chi connectivity index (χ0n) is 25.5. The first-order valence-corrected chi connectivity index (χ1v) is 16.1. The van der Waals surface area contributed by atoms with Crippen molar-refractivity contribution in [3.05, 3.63) is 46.6 Å². The summed E-state index contributed by atoms with van der Waals surface area (Å²) in [7, 11) is 0. The van der Waals surface area contributed by atoms with Crippen molar-refractivity contribution in [1.82, 2.24) is 15.3 Å². The van der Waals surface area contributed by atoms with Crippen LogP contribution in [0, 0.1) is 34.5 Å². The Morgan fingerprint density at radius 3 is 2.69 bits per heavy atom. The van der Waals surface area contributed by atoms with E-state index in [4.69, 9.17) is 21.4 Å². The van der Waals surface area contributed by atoms with Crippen LogP contribution in [-0.4, -0.2) is 53.5 Å². The standard InChI is InChI=1S/C33H49ClN6O2/c1-4-30(36-19-24-9-11-28(12-10-24)42-14-13-41)26-15-23(2)16-33(3,17-26)22-39-31-27(18-35)21-38-32(40-31)37-20-25-7-5-6-8-29(25)34/h5-8,21,23-24,26,28,30,36,41H,4,9-17,19-20,22H2,1-3H3,(H2,37,38,39,40)/t23?,24?,26-,28?,30+,33-/m1/s1. The van der Waals surface area contributed by atoms with Gasteiger partial charge in [0.25, 0.3) is 0 Å². The first-order chi connectivity index (χ1) is 20.3. The van der Waals surface area contributed by atoms with E-state index in [1.807, 2.05) is 24.3 Å². The summed E-state index contributed by atoms with van der Waals surface area (Å²) in [5.41, 5.74) is 1.52. The van der Waals surface area contributed by atoms with Crippen LogP contribution in [-0.2, 0) is 11.3 Å². The summed E-state index contributed by atoms with van der Waals surface area (Å²) in [5.74, 6) is 3.00. The minimum Gasteiger partial charge on any atom is -0.394 e. The molecule has 1 heterocycles. The fourth-order valence-corrected chi connectivity index (χ4v) is 7.38. The highest BCUT2D eigenvalue weighted by atomic mass is 35.5. The third-order valence-electron chi connectivity index (χ3n) is 9.20. The van der Waals surface area contributed by atoms with E-state index in [0.717, 1.165) is 50.8 Å². The van der Waals surface area contributed by atoms with Crippen molar-refractivity contribution in [1.29, 1.82) is 5.26 Å². The molecule has 0 aliphatic heterocycles. The van der Waals surface area contributed by atoms with Gasteiger partial charge in [-0.2, -0.15) is 10.2 Å². The fraction of sp³-hybridized carbons (Fsp3) is 0.667. The summed E-state index contributed by atoms with van der Waals surface area (Å²) < 4.78 is 5.76. The number of aromatic nitrogens is 2. The molecule has 4 atom stereocenters. The summed E-state index contributed by atoms with van der Waals surface area (Å²) in [5, 5.41) is 30.2. The SMILES string of the molecule is CC[C@H](NCC1CCC(OCCO)CC1)[C@@H]1CC(C)C[C@@](C)(CNc2nc(NCc3ccccc3Cl)ncc2C#N)C1. The van der Waals surface area contributed by atoms with E-state index in [-0.39, 0.29) is 12.0 Å². The maximum absolute atomic E-state index is 9.73. The van der Waals surface area contributed by atoms with Crippen LogP contribution in [0.1, 0.15) is 83.3 Å². The summed E-state index contributed by atoms with van der Waals surface area (Å²) in [4.78, 5) is 9.01. The predicted octanol–water partition coefficient (Wildman–Crippen LogP) is 6.40. The number of rotatable bonds is 14. The van der Waals surface area contributed by atoms with Gasteiger partial charge in [0.1, 0.15) is 17.5 Å². The van der Waals surface area contributed by atoms with E-state index in [9.17, 15) is 5.26 Å². The Morgan fingerprint density at radius 2 is 1.98 bits per heavy atom. The van der Waals surface area contributed by atoms with Crippen LogP contribution in [0.2, 0.25) is 5.02 Å². The molecular formula is C33H49ClN6O2. The van der Waals surface area contributed by atoms with E-state index in [1.54, 1.807) is 6.20 Å². The zero-order chi connectivity index (χ0) is 30.0. The van der Waals surface area contributed by atoms with Gasteiger partial charge in [-0.25, -0.2) is 4.98 Å². The van der Waals surface area contributed by atoms with Crippen LogP contribution in [0.4, 0.5) is 11.8 Å². The van der Waals surface area contributed by atoms with Crippen LogP contribution in [0.3, 0.4) is 0 Å². The molecule has 0 amide bonds. The number of nitriles is 1. The second-order valence-electron chi connectivity index (χ2n) is 12.8. The summed E-state index contributed by atoms with van der Waals surface area (Å²) in [6, 6.07) is 10.4. The van der Waals surface area contributed by atoms with Crippen LogP contribution in [0.5, 0.6) is 0 Å². The number of nitrogens with zero attached hydrogens (tertiary/aromatic N) is 3. The van der Waals surface area contributed by atoms with Crippen LogP contribution in [0.25, 0.3) is 0 Å². The van der Waals surface area contributed by atoms with Gasteiger partial charge in [0.05, 0.1) is 25.5 Å². The molecular weight excluding hydrogens is 548 g/mol. The highest BCUT2D eigenvalue weighted by Crippen LogP contribution is 2.44. The van der Waals surface area contributed by atoms with Crippen LogP contribution >= 0.6 is 11.6 Å². The smallest absolute Gasteiger partial charge is 0.224 e. The second-order valence-corrected chi connectivity index (χ2v) is 13.3. The molecule has 1 aromatic carbocycles. The van der Waals surface area contributed by atoms with Crippen LogP contribution < -0.4 is 16.0 Å². The number of aliphatic hydroxyl groups is 1. The van der Waals surface area contributed by atoms with Crippen molar-refractivity contribution in [3.63, 3.8) is 0 Å². The van der Waals surface area contributed by atoms with Crippen LogP contribution in [0.15, 0.2) is 30.5 Å². The van der Waals surface area contributed by atoms with Gasteiger partial charge in [-0.1, -0.05) is 50.6 Å². The van der Waals surface area contributed by atoms with Crippen molar-refractivity contribution >= 4 is 23.4 Å². The largest absolute Gasteiger partial charge is 0.394 e. The normalized spacial score (nSPS) is 26.8. The number of halogens is 1. The average Bonchev–Trinajstić information content (AvgIpc) is 2.99. The number of anilines is 2. The highest BCUT2D eigenvalue weighted by molar-refractivity contribution is 6.31. The summed E-state index contributed by atoms with van der Waals surface area (Å²) >= 11 is 6.30.